The van der Waals surface area contributed by atoms with Crippen LogP contribution in [0.4, 0.5) is 0 Å². The first-order chi connectivity index (χ1) is 11.2. The van der Waals surface area contributed by atoms with Crippen LogP contribution in [0.25, 0.3) is 11.1 Å². The number of alkyl halides is 2. The molecule has 3 rings (SSSR count). The summed E-state index contributed by atoms with van der Waals surface area (Å²) < 4.78 is 2.36. The lowest BCUT2D eigenvalue weighted by Crippen LogP contribution is -2.26. The summed E-state index contributed by atoms with van der Waals surface area (Å²) in [5.41, 5.74) is 5.86. The van der Waals surface area contributed by atoms with Gasteiger partial charge in [0, 0.05) is 25.0 Å². The summed E-state index contributed by atoms with van der Waals surface area (Å²) in [7, 11) is 0. The number of fused-ring (bicyclic) bond motifs is 3. The molecule has 0 N–H and O–H groups in total. The predicted octanol–water partition coefficient (Wildman–Crippen LogP) is 7.83. The third-order valence-electron chi connectivity index (χ3n) is 4.78. The molecule has 2 aromatic carbocycles. The van der Waals surface area contributed by atoms with Crippen LogP contribution in [0, 0.1) is 0 Å². The summed E-state index contributed by atoms with van der Waals surface area (Å²) in [5.74, 6) is 0. The molecule has 122 valence electrons. The maximum Gasteiger partial charge on any atom is 0.0364 e. The van der Waals surface area contributed by atoms with Gasteiger partial charge >= 0.3 is 0 Å². The van der Waals surface area contributed by atoms with Crippen molar-refractivity contribution in [2.45, 2.75) is 31.1 Å². The largest absolute Gasteiger partial charge is 0.0928 e. The number of hydrogen-bond acceptors (Lipinski definition) is 0. The first-order valence-corrected chi connectivity index (χ1v) is 11.7. The Morgan fingerprint density at radius 3 is 2.09 bits per heavy atom. The summed E-state index contributed by atoms with van der Waals surface area (Å²) in [6.45, 7) is 0. The fourth-order valence-corrected chi connectivity index (χ4v) is 5.51. The lowest BCUT2D eigenvalue weighted by atomic mass is 9.71. The highest BCUT2D eigenvalue weighted by Gasteiger charge is 2.43. The standard InChI is InChI=1S/C19H18Br4/c20-11-3-9-19(10-4-12-21)15-6-2-1-5-13(15)14-7-8-16(22)18(23)17(14)19/h1-2,5-8H,3-4,9-12H2. The van der Waals surface area contributed by atoms with E-state index in [-0.39, 0.29) is 5.41 Å². The van der Waals surface area contributed by atoms with E-state index in [1.54, 1.807) is 0 Å². The van der Waals surface area contributed by atoms with Crippen LogP contribution in [0.1, 0.15) is 36.8 Å². The third-order valence-corrected chi connectivity index (χ3v) is 7.92. The molecule has 0 unspecified atom stereocenters. The molecule has 0 atom stereocenters. The quantitative estimate of drug-likeness (QED) is 0.313. The zero-order chi connectivity index (χ0) is 16.4. The van der Waals surface area contributed by atoms with E-state index in [0.29, 0.717) is 0 Å². The van der Waals surface area contributed by atoms with E-state index in [1.165, 1.54) is 52.4 Å². The van der Waals surface area contributed by atoms with Crippen molar-refractivity contribution >= 4 is 63.7 Å². The molecule has 0 saturated heterocycles. The van der Waals surface area contributed by atoms with E-state index in [4.69, 9.17) is 0 Å². The van der Waals surface area contributed by atoms with Gasteiger partial charge in [-0.1, -0.05) is 62.2 Å². The van der Waals surface area contributed by atoms with Gasteiger partial charge in [-0.25, -0.2) is 0 Å². The Bertz CT molecular complexity index is 701. The van der Waals surface area contributed by atoms with Crippen molar-refractivity contribution < 1.29 is 0 Å². The van der Waals surface area contributed by atoms with Crippen molar-refractivity contribution in [1.82, 2.24) is 0 Å². The molecule has 0 bridgehead atoms. The highest BCUT2D eigenvalue weighted by molar-refractivity contribution is 9.13. The van der Waals surface area contributed by atoms with Gasteiger partial charge in [0.1, 0.15) is 0 Å². The predicted molar refractivity (Wildman–Crippen MR) is 114 cm³/mol. The Kier molecular flexibility index (Phi) is 6.09. The molecule has 0 heterocycles. The van der Waals surface area contributed by atoms with Crippen molar-refractivity contribution in [3.05, 3.63) is 56.5 Å². The summed E-state index contributed by atoms with van der Waals surface area (Å²) in [4.78, 5) is 0. The molecule has 4 heteroatoms. The number of rotatable bonds is 6. The molecule has 0 aliphatic heterocycles. The van der Waals surface area contributed by atoms with Gasteiger partial charge in [0.05, 0.1) is 0 Å². The molecule has 0 nitrogen and oxygen atoms in total. The molecule has 0 radical (unpaired) electrons. The average molecular weight is 566 g/mol. The maximum absolute atomic E-state index is 3.88. The van der Waals surface area contributed by atoms with Crippen molar-refractivity contribution in [2.24, 2.45) is 0 Å². The second kappa shape index (κ2) is 7.72. The molecule has 0 aromatic heterocycles. The molecular formula is C19H18Br4. The Hall–Kier alpha value is 0.360. The van der Waals surface area contributed by atoms with Gasteiger partial charge < -0.3 is 0 Å². The van der Waals surface area contributed by atoms with Gasteiger partial charge in [-0.2, -0.15) is 0 Å². The molecule has 1 aliphatic carbocycles. The SMILES string of the molecule is BrCCCC1(CCCBr)c2ccccc2-c2ccc(Br)c(Br)c21. The van der Waals surface area contributed by atoms with E-state index >= 15 is 0 Å². The second-order valence-corrected chi connectivity index (χ2v) is 9.23. The topological polar surface area (TPSA) is 0 Å². The third kappa shape index (κ3) is 3.14. The lowest BCUT2D eigenvalue weighted by molar-refractivity contribution is 0.438. The number of halogens is 4. The van der Waals surface area contributed by atoms with Crippen LogP contribution < -0.4 is 0 Å². The van der Waals surface area contributed by atoms with Crippen molar-refractivity contribution in [1.29, 1.82) is 0 Å². The minimum Gasteiger partial charge on any atom is -0.0928 e. The van der Waals surface area contributed by atoms with E-state index < -0.39 is 0 Å². The van der Waals surface area contributed by atoms with Gasteiger partial charge in [0.25, 0.3) is 0 Å². The summed E-state index contributed by atoms with van der Waals surface area (Å²) in [6.07, 6.45) is 4.69. The summed E-state index contributed by atoms with van der Waals surface area (Å²) >= 11 is 14.9. The zero-order valence-electron chi connectivity index (χ0n) is 12.7. The fourth-order valence-electron chi connectivity index (χ4n) is 3.89. The van der Waals surface area contributed by atoms with E-state index in [2.05, 4.69) is 100 Å². The molecule has 2 aromatic rings. The van der Waals surface area contributed by atoms with Crippen LogP contribution in [0.3, 0.4) is 0 Å². The van der Waals surface area contributed by atoms with Gasteiger partial charge in [0.15, 0.2) is 0 Å². The van der Waals surface area contributed by atoms with Gasteiger partial charge in [-0.05, 0) is 85.9 Å². The van der Waals surface area contributed by atoms with E-state index in [0.717, 1.165) is 15.1 Å². The van der Waals surface area contributed by atoms with E-state index in [9.17, 15) is 0 Å². The number of hydrogen-bond donors (Lipinski definition) is 0. The molecular weight excluding hydrogens is 548 g/mol. The van der Waals surface area contributed by atoms with Crippen LogP contribution in [0.5, 0.6) is 0 Å². The molecule has 1 aliphatic rings. The summed E-state index contributed by atoms with van der Waals surface area (Å²) in [6, 6.07) is 13.4. The first-order valence-electron chi connectivity index (χ1n) is 7.86. The lowest BCUT2D eigenvalue weighted by Gasteiger charge is -2.33. The molecule has 0 fully saturated rings. The van der Waals surface area contributed by atoms with Crippen molar-refractivity contribution in [2.75, 3.05) is 10.7 Å². The molecule has 0 spiro atoms. The van der Waals surface area contributed by atoms with Crippen LogP contribution >= 0.6 is 63.7 Å². The van der Waals surface area contributed by atoms with Crippen LogP contribution in [0.15, 0.2) is 45.3 Å². The molecule has 23 heavy (non-hydrogen) atoms. The average Bonchev–Trinajstić information content (AvgIpc) is 2.86. The van der Waals surface area contributed by atoms with Gasteiger partial charge in [-0.15, -0.1) is 0 Å². The number of benzene rings is 2. The van der Waals surface area contributed by atoms with Crippen LogP contribution in [-0.2, 0) is 5.41 Å². The summed E-state index contributed by atoms with van der Waals surface area (Å²) in [5, 5.41) is 2.10. The highest BCUT2D eigenvalue weighted by atomic mass is 79.9. The maximum atomic E-state index is 3.88. The normalized spacial score (nSPS) is 14.6. The minimum atomic E-state index is 0.107. The van der Waals surface area contributed by atoms with Crippen LogP contribution in [0.2, 0.25) is 0 Å². The Labute approximate surface area is 172 Å². The fraction of sp³-hybridized carbons (Fsp3) is 0.368. The van der Waals surface area contributed by atoms with Crippen molar-refractivity contribution in [3.63, 3.8) is 0 Å². The van der Waals surface area contributed by atoms with Crippen molar-refractivity contribution in [3.8, 4) is 11.1 Å². The second-order valence-electron chi connectivity index (χ2n) is 6.00. The van der Waals surface area contributed by atoms with Gasteiger partial charge in [-0.3, -0.25) is 0 Å². The molecule has 0 saturated carbocycles. The molecule has 0 amide bonds. The zero-order valence-corrected chi connectivity index (χ0v) is 19.1. The Balaban J connectivity index is 2.26. The first kappa shape index (κ1) is 18.2. The monoisotopic (exact) mass is 562 g/mol. The van der Waals surface area contributed by atoms with E-state index in [1.807, 2.05) is 0 Å². The van der Waals surface area contributed by atoms with Crippen LogP contribution in [-0.4, -0.2) is 10.7 Å². The smallest absolute Gasteiger partial charge is 0.0364 e. The Morgan fingerprint density at radius 2 is 1.43 bits per heavy atom. The highest BCUT2D eigenvalue weighted by Crippen LogP contribution is 2.57. The van der Waals surface area contributed by atoms with Gasteiger partial charge in [0.2, 0.25) is 0 Å². The minimum absolute atomic E-state index is 0.107. The Morgan fingerprint density at radius 1 is 0.783 bits per heavy atom.